The second kappa shape index (κ2) is 3.08. The molecule has 1 aromatic carbocycles. The minimum atomic E-state index is -0.318. The predicted octanol–water partition coefficient (Wildman–Crippen LogP) is 3.40. The first kappa shape index (κ1) is 9.19. The van der Waals surface area contributed by atoms with Crippen molar-refractivity contribution < 1.29 is 8.81 Å². The largest absolute Gasteiger partial charge is 0.441 e. The van der Waals surface area contributed by atoms with Crippen molar-refractivity contribution in [3.05, 3.63) is 29.4 Å². The SMILES string of the molecule is Cc1nc2c(F)ccc(C(C)C)c2o1. The lowest BCUT2D eigenvalue weighted by atomic mass is 10.0. The van der Waals surface area contributed by atoms with Gasteiger partial charge in [-0.15, -0.1) is 0 Å². The monoisotopic (exact) mass is 193 g/mol. The average molecular weight is 193 g/mol. The minimum absolute atomic E-state index is 0.311. The maximum Gasteiger partial charge on any atom is 0.192 e. The number of benzene rings is 1. The average Bonchev–Trinajstić information content (AvgIpc) is 2.47. The van der Waals surface area contributed by atoms with E-state index >= 15 is 0 Å². The number of nitrogens with zero attached hydrogens (tertiary/aromatic N) is 1. The molecule has 0 saturated carbocycles. The van der Waals surface area contributed by atoms with Crippen LogP contribution in [-0.2, 0) is 0 Å². The summed E-state index contributed by atoms with van der Waals surface area (Å²) in [5.74, 6) is 0.499. The van der Waals surface area contributed by atoms with Gasteiger partial charge in [0.1, 0.15) is 5.52 Å². The molecule has 0 radical (unpaired) electrons. The predicted molar refractivity (Wildman–Crippen MR) is 52.8 cm³/mol. The van der Waals surface area contributed by atoms with Gasteiger partial charge in [0, 0.05) is 6.92 Å². The normalized spacial score (nSPS) is 11.5. The third kappa shape index (κ3) is 1.29. The van der Waals surface area contributed by atoms with Crippen molar-refractivity contribution in [2.45, 2.75) is 26.7 Å². The second-order valence-electron chi connectivity index (χ2n) is 3.70. The van der Waals surface area contributed by atoms with Gasteiger partial charge in [0.25, 0.3) is 0 Å². The quantitative estimate of drug-likeness (QED) is 0.693. The summed E-state index contributed by atoms with van der Waals surface area (Å²) in [5.41, 5.74) is 1.92. The highest BCUT2D eigenvalue weighted by molar-refractivity contribution is 5.77. The fourth-order valence-corrected chi connectivity index (χ4v) is 1.56. The smallest absolute Gasteiger partial charge is 0.192 e. The van der Waals surface area contributed by atoms with Gasteiger partial charge in [0.05, 0.1) is 0 Å². The highest BCUT2D eigenvalue weighted by Crippen LogP contribution is 2.27. The van der Waals surface area contributed by atoms with Crippen molar-refractivity contribution >= 4 is 11.1 Å². The lowest BCUT2D eigenvalue weighted by molar-refractivity contribution is 0.555. The van der Waals surface area contributed by atoms with Gasteiger partial charge in [-0.1, -0.05) is 19.9 Å². The molecule has 0 saturated heterocycles. The molecular formula is C11H12FNO. The van der Waals surface area contributed by atoms with Crippen LogP contribution in [-0.4, -0.2) is 4.98 Å². The topological polar surface area (TPSA) is 26.0 Å². The third-order valence-corrected chi connectivity index (χ3v) is 2.25. The van der Waals surface area contributed by atoms with E-state index in [1.807, 2.05) is 13.8 Å². The van der Waals surface area contributed by atoms with E-state index in [9.17, 15) is 4.39 Å². The number of aromatic nitrogens is 1. The molecule has 0 amide bonds. The molecule has 1 aromatic heterocycles. The summed E-state index contributed by atoms with van der Waals surface area (Å²) in [6.45, 7) is 5.82. The van der Waals surface area contributed by atoms with E-state index in [1.165, 1.54) is 6.07 Å². The van der Waals surface area contributed by atoms with Crippen LogP contribution in [0.1, 0.15) is 31.2 Å². The fraction of sp³-hybridized carbons (Fsp3) is 0.364. The van der Waals surface area contributed by atoms with Gasteiger partial charge < -0.3 is 4.42 Å². The van der Waals surface area contributed by atoms with Crippen LogP contribution in [0.4, 0.5) is 4.39 Å². The molecule has 0 atom stereocenters. The van der Waals surface area contributed by atoms with E-state index in [0.717, 1.165) is 5.56 Å². The molecule has 14 heavy (non-hydrogen) atoms. The molecule has 1 heterocycles. The summed E-state index contributed by atoms with van der Waals surface area (Å²) in [4.78, 5) is 4.01. The molecular weight excluding hydrogens is 181 g/mol. The van der Waals surface area contributed by atoms with E-state index < -0.39 is 0 Å². The Morgan fingerprint density at radius 3 is 2.71 bits per heavy atom. The summed E-state index contributed by atoms with van der Waals surface area (Å²) < 4.78 is 18.7. The van der Waals surface area contributed by atoms with E-state index in [2.05, 4.69) is 4.98 Å². The Bertz CT molecular complexity index is 473. The minimum Gasteiger partial charge on any atom is -0.441 e. The third-order valence-electron chi connectivity index (χ3n) is 2.25. The van der Waals surface area contributed by atoms with Crippen LogP contribution >= 0.6 is 0 Å². The molecule has 2 aromatic rings. The standard InChI is InChI=1S/C11H12FNO/c1-6(2)8-4-5-9(12)10-11(8)14-7(3)13-10/h4-6H,1-3H3. The zero-order valence-corrected chi connectivity index (χ0v) is 8.47. The Kier molecular flexibility index (Phi) is 2.02. The summed E-state index contributed by atoms with van der Waals surface area (Å²) in [6, 6.07) is 3.20. The maximum absolute atomic E-state index is 13.3. The van der Waals surface area contributed by atoms with Gasteiger partial charge in [0.15, 0.2) is 17.3 Å². The number of oxazole rings is 1. The van der Waals surface area contributed by atoms with Crippen molar-refractivity contribution in [3.63, 3.8) is 0 Å². The molecule has 0 N–H and O–H groups in total. The molecule has 0 spiro atoms. The first-order valence-electron chi connectivity index (χ1n) is 4.65. The molecule has 0 bridgehead atoms. The molecule has 2 rings (SSSR count). The number of aryl methyl sites for hydroxylation is 1. The van der Waals surface area contributed by atoms with Crippen LogP contribution in [0.5, 0.6) is 0 Å². The molecule has 2 nitrogen and oxygen atoms in total. The molecule has 0 aliphatic heterocycles. The lowest BCUT2D eigenvalue weighted by Gasteiger charge is -2.04. The van der Waals surface area contributed by atoms with Gasteiger partial charge in [-0.3, -0.25) is 0 Å². The zero-order valence-electron chi connectivity index (χ0n) is 8.47. The molecule has 0 unspecified atom stereocenters. The van der Waals surface area contributed by atoms with Crippen LogP contribution in [0.2, 0.25) is 0 Å². The Morgan fingerprint density at radius 2 is 2.07 bits per heavy atom. The van der Waals surface area contributed by atoms with E-state index in [0.29, 0.717) is 22.9 Å². The number of hydrogen-bond acceptors (Lipinski definition) is 2. The summed E-state index contributed by atoms with van der Waals surface area (Å²) in [5, 5.41) is 0. The summed E-state index contributed by atoms with van der Waals surface area (Å²) >= 11 is 0. The van der Waals surface area contributed by atoms with Crippen molar-refractivity contribution in [3.8, 4) is 0 Å². The van der Waals surface area contributed by atoms with Crippen LogP contribution in [0, 0.1) is 12.7 Å². The Labute approximate surface area is 81.8 Å². The Balaban J connectivity index is 2.81. The van der Waals surface area contributed by atoms with Crippen LogP contribution < -0.4 is 0 Å². The molecule has 0 aliphatic rings. The zero-order chi connectivity index (χ0) is 10.3. The highest BCUT2D eigenvalue weighted by Gasteiger charge is 2.14. The molecule has 3 heteroatoms. The number of halogens is 1. The van der Waals surface area contributed by atoms with Crippen molar-refractivity contribution in [1.29, 1.82) is 0 Å². The van der Waals surface area contributed by atoms with Crippen LogP contribution in [0.25, 0.3) is 11.1 Å². The van der Waals surface area contributed by atoms with Crippen molar-refractivity contribution in [1.82, 2.24) is 4.98 Å². The highest BCUT2D eigenvalue weighted by atomic mass is 19.1. The first-order chi connectivity index (χ1) is 6.59. The van der Waals surface area contributed by atoms with Gasteiger partial charge in [-0.05, 0) is 17.5 Å². The van der Waals surface area contributed by atoms with E-state index in [-0.39, 0.29) is 5.82 Å². The Morgan fingerprint density at radius 1 is 1.36 bits per heavy atom. The van der Waals surface area contributed by atoms with Crippen molar-refractivity contribution in [2.24, 2.45) is 0 Å². The number of hydrogen-bond donors (Lipinski definition) is 0. The Hall–Kier alpha value is -1.38. The fourth-order valence-electron chi connectivity index (χ4n) is 1.56. The molecule has 74 valence electrons. The summed E-state index contributed by atoms with van der Waals surface area (Å²) in [7, 11) is 0. The van der Waals surface area contributed by atoms with E-state index in [4.69, 9.17) is 4.42 Å². The van der Waals surface area contributed by atoms with Gasteiger partial charge in [-0.2, -0.15) is 0 Å². The maximum atomic E-state index is 13.3. The number of fused-ring (bicyclic) bond motifs is 1. The van der Waals surface area contributed by atoms with Crippen LogP contribution in [0.15, 0.2) is 16.5 Å². The van der Waals surface area contributed by atoms with E-state index in [1.54, 1.807) is 13.0 Å². The summed E-state index contributed by atoms with van der Waals surface area (Å²) in [6.07, 6.45) is 0. The first-order valence-corrected chi connectivity index (χ1v) is 4.65. The second-order valence-corrected chi connectivity index (χ2v) is 3.70. The lowest BCUT2D eigenvalue weighted by Crippen LogP contribution is -1.89. The molecule has 0 aliphatic carbocycles. The van der Waals surface area contributed by atoms with Crippen molar-refractivity contribution in [2.75, 3.05) is 0 Å². The van der Waals surface area contributed by atoms with Gasteiger partial charge in [0.2, 0.25) is 0 Å². The van der Waals surface area contributed by atoms with Crippen LogP contribution in [0.3, 0.4) is 0 Å². The molecule has 0 fully saturated rings. The van der Waals surface area contributed by atoms with Gasteiger partial charge in [-0.25, -0.2) is 9.37 Å². The van der Waals surface area contributed by atoms with Gasteiger partial charge >= 0.3 is 0 Å². The number of rotatable bonds is 1.